The van der Waals surface area contributed by atoms with Crippen LogP contribution >= 0.6 is 0 Å². The lowest BCUT2D eigenvalue weighted by Gasteiger charge is -2.47. The molecule has 4 heteroatoms. The third-order valence-corrected chi connectivity index (χ3v) is 7.75. The average Bonchev–Trinajstić information content (AvgIpc) is 2.88. The molecule has 0 radical (unpaired) electrons. The molecule has 0 bridgehead atoms. The Balaban J connectivity index is 1.32. The summed E-state index contributed by atoms with van der Waals surface area (Å²) in [7, 11) is 0. The number of hydrogen-bond acceptors (Lipinski definition) is 2. The Bertz CT molecular complexity index is 1110. The number of rotatable bonds is 5. The summed E-state index contributed by atoms with van der Waals surface area (Å²) in [6, 6.07) is 14.2. The van der Waals surface area contributed by atoms with E-state index in [-0.39, 0.29) is 17.6 Å². The maximum Gasteiger partial charge on any atom is 0.255 e. The van der Waals surface area contributed by atoms with E-state index < -0.39 is 0 Å². The highest BCUT2D eigenvalue weighted by Gasteiger charge is 2.35. The van der Waals surface area contributed by atoms with Crippen LogP contribution in [0, 0.1) is 17.7 Å². The summed E-state index contributed by atoms with van der Waals surface area (Å²) in [5.41, 5.74) is 4.67. The van der Waals surface area contributed by atoms with Crippen molar-refractivity contribution in [2.24, 2.45) is 11.8 Å². The lowest BCUT2D eigenvalue weighted by Crippen LogP contribution is -2.47. The molecule has 5 rings (SSSR count). The molecule has 1 amide bonds. The third kappa shape index (κ3) is 4.72. The van der Waals surface area contributed by atoms with Crippen molar-refractivity contribution in [1.82, 2.24) is 4.90 Å². The molecule has 2 fully saturated rings. The van der Waals surface area contributed by atoms with Gasteiger partial charge in [0.15, 0.2) is 0 Å². The molecule has 1 aliphatic heterocycles. The summed E-state index contributed by atoms with van der Waals surface area (Å²) in [4.78, 5) is 15.4. The van der Waals surface area contributed by atoms with Crippen LogP contribution < -0.4 is 5.32 Å². The molecule has 34 heavy (non-hydrogen) atoms. The largest absolute Gasteiger partial charge is 0.372 e. The number of carbonyl (C=O) groups excluding carboxylic acids is 1. The molecular formula is C30H33FN2O. The smallest absolute Gasteiger partial charge is 0.255 e. The van der Waals surface area contributed by atoms with Crippen LogP contribution in [0.1, 0.15) is 60.9 Å². The van der Waals surface area contributed by atoms with E-state index in [0.717, 1.165) is 30.1 Å². The number of halogens is 1. The molecule has 176 valence electrons. The van der Waals surface area contributed by atoms with Crippen LogP contribution in [0.4, 0.5) is 10.1 Å². The van der Waals surface area contributed by atoms with Gasteiger partial charge in [0.05, 0.1) is 0 Å². The predicted octanol–water partition coefficient (Wildman–Crippen LogP) is 7.21. The molecule has 0 aromatic heterocycles. The Morgan fingerprint density at radius 1 is 1.00 bits per heavy atom. The third-order valence-electron chi connectivity index (χ3n) is 7.75. The van der Waals surface area contributed by atoms with Gasteiger partial charge >= 0.3 is 0 Å². The number of para-hydroxylation sites is 1. The number of nitrogens with zero attached hydrogens (tertiary/aromatic N) is 1. The van der Waals surface area contributed by atoms with Gasteiger partial charge in [-0.1, -0.05) is 55.8 Å². The molecule has 2 aliphatic carbocycles. The molecule has 3 nitrogen and oxygen atoms in total. The fourth-order valence-corrected chi connectivity index (χ4v) is 5.97. The fourth-order valence-electron chi connectivity index (χ4n) is 5.97. The second-order valence-electron chi connectivity index (χ2n) is 9.83. The van der Waals surface area contributed by atoms with E-state index >= 15 is 0 Å². The van der Waals surface area contributed by atoms with Gasteiger partial charge in [-0.05, 0) is 73.9 Å². The Labute approximate surface area is 202 Å². The Hall–Kier alpha value is -3.14. The van der Waals surface area contributed by atoms with E-state index in [1.54, 1.807) is 0 Å². The maximum absolute atomic E-state index is 13.3. The number of likely N-dealkylation sites (tertiary alicyclic amines) is 1. The first kappa shape index (κ1) is 22.6. The monoisotopic (exact) mass is 456 g/mol. The number of amides is 1. The van der Waals surface area contributed by atoms with Gasteiger partial charge in [-0.2, -0.15) is 0 Å². The van der Waals surface area contributed by atoms with E-state index in [9.17, 15) is 9.18 Å². The van der Waals surface area contributed by atoms with Gasteiger partial charge in [-0.25, -0.2) is 4.39 Å². The minimum atomic E-state index is -0.351. The molecule has 3 aliphatic rings. The molecule has 0 spiro atoms. The van der Waals surface area contributed by atoms with Crippen molar-refractivity contribution in [1.29, 1.82) is 0 Å². The number of nitrogens with one attached hydrogen (secondary N) is 1. The minimum Gasteiger partial charge on any atom is -0.372 e. The number of benzene rings is 2. The zero-order valence-corrected chi connectivity index (χ0v) is 19.7. The van der Waals surface area contributed by atoms with E-state index in [1.165, 1.54) is 74.1 Å². The molecule has 1 N–H and O–H groups in total. The van der Waals surface area contributed by atoms with Crippen LogP contribution in [0.25, 0.3) is 5.57 Å². The second-order valence-corrected chi connectivity index (χ2v) is 9.83. The van der Waals surface area contributed by atoms with Crippen LogP contribution in [0.2, 0.25) is 0 Å². The molecule has 2 aromatic rings. The Morgan fingerprint density at radius 3 is 2.62 bits per heavy atom. The van der Waals surface area contributed by atoms with Crippen molar-refractivity contribution in [3.63, 3.8) is 0 Å². The number of piperidine rings is 1. The highest BCUT2D eigenvalue weighted by molar-refractivity contribution is 6.05. The average molecular weight is 457 g/mol. The number of carbonyl (C=O) groups is 1. The first-order valence-electron chi connectivity index (χ1n) is 12.6. The summed E-state index contributed by atoms with van der Waals surface area (Å²) in [6.07, 6.45) is 15.4. The van der Waals surface area contributed by atoms with Crippen LogP contribution in [0.15, 0.2) is 79.0 Å². The highest BCUT2D eigenvalue weighted by atomic mass is 19.1. The quantitative estimate of drug-likeness (QED) is 0.516. The summed E-state index contributed by atoms with van der Waals surface area (Å²) in [6.45, 7) is 5.70. The molecule has 1 saturated heterocycles. The molecule has 1 saturated carbocycles. The van der Waals surface area contributed by atoms with Gasteiger partial charge in [0.25, 0.3) is 5.91 Å². The highest BCUT2D eigenvalue weighted by Crippen LogP contribution is 2.41. The van der Waals surface area contributed by atoms with E-state index in [1.807, 2.05) is 18.2 Å². The van der Waals surface area contributed by atoms with Crippen LogP contribution in [0.3, 0.4) is 0 Å². The van der Waals surface area contributed by atoms with Gasteiger partial charge in [0.1, 0.15) is 5.82 Å². The maximum atomic E-state index is 13.3. The second kappa shape index (κ2) is 10.0. The van der Waals surface area contributed by atoms with Crippen LogP contribution in [0.5, 0.6) is 0 Å². The molecule has 2 aromatic carbocycles. The van der Waals surface area contributed by atoms with E-state index in [0.29, 0.717) is 11.6 Å². The molecule has 1 heterocycles. The first-order valence-corrected chi connectivity index (χ1v) is 12.6. The van der Waals surface area contributed by atoms with E-state index in [2.05, 4.69) is 41.1 Å². The van der Waals surface area contributed by atoms with Crippen LogP contribution in [-0.2, 0) is 0 Å². The van der Waals surface area contributed by atoms with Crippen molar-refractivity contribution in [2.45, 2.75) is 51.0 Å². The van der Waals surface area contributed by atoms with Gasteiger partial charge in [-0.15, -0.1) is 0 Å². The zero-order chi connectivity index (χ0) is 23.5. The van der Waals surface area contributed by atoms with Gasteiger partial charge in [0, 0.05) is 41.0 Å². The van der Waals surface area contributed by atoms with Crippen molar-refractivity contribution >= 4 is 17.2 Å². The van der Waals surface area contributed by atoms with Crippen LogP contribution in [-0.4, -0.2) is 23.4 Å². The van der Waals surface area contributed by atoms with Crippen molar-refractivity contribution in [3.05, 3.63) is 96.0 Å². The van der Waals surface area contributed by atoms with Gasteiger partial charge in [0.2, 0.25) is 0 Å². The SMILES string of the molecule is C=C(C1C=CC=C(c2ccccc2NC(=O)c2ccc(F)cc2)C1)N1CCCC2CCCCC21. The first-order chi connectivity index (χ1) is 16.6. The number of hydrogen-bond donors (Lipinski definition) is 1. The minimum absolute atomic E-state index is 0.239. The van der Waals surface area contributed by atoms with E-state index in [4.69, 9.17) is 0 Å². The lowest BCUT2D eigenvalue weighted by atomic mass is 9.77. The summed E-state index contributed by atoms with van der Waals surface area (Å²) in [5.74, 6) is 0.499. The zero-order valence-electron chi connectivity index (χ0n) is 19.7. The Morgan fingerprint density at radius 2 is 1.76 bits per heavy atom. The molecule has 3 atom stereocenters. The van der Waals surface area contributed by atoms with Crippen molar-refractivity contribution in [2.75, 3.05) is 11.9 Å². The van der Waals surface area contributed by atoms with Gasteiger partial charge < -0.3 is 10.2 Å². The van der Waals surface area contributed by atoms with Gasteiger partial charge in [-0.3, -0.25) is 4.79 Å². The fraction of sp³-hybridized carbons (Fsp3) is 0.367. The Kier molecular flexibility index (Phi) is 6.66. The normalized spacial score (nSPS) is 24.2. The summed E-state index contributed by atoms with van der Waals surface area (Å²) >= 11 is 0. The standard InChI is InChI=1S/C30H33FN2O/c1-21(33-19-7-11-22-8-2-5-14-29(22)33)24-9-6-10-25(20-24)27-12-3-4-13-28(27)32-30(34)23-15-17-26(31)18-16-23/h3-4,6,9-10,12-13,15-18,22,24,29H,1-2,5,7-8,11,14,19-20H2,(H,32,34). The van der Waals surface area contributed by atoms with Crippen molar-refractivity contribution in [3.8, 4) is 0 Å². The number of allylic oxidation sites excluding steroid dienone is 4. The number of fused-ring (bicyclic) bond motifs is 1. The summed E-state index contributed by atoms with van der Waals surface area (Å²) < 4.78 is 13.3. The molecular weight excluding hydrogens is 423 g/mol. The number of anilines is 1. The van der Waals surface area contributed by atoms with Crippen molar-refractivity contribution < 1.29 is 9.18 Å². The predicted molar refractivity (Wildman–Crippen MR) is 137 cm³/mol. The summed E-state index contributed by atoms with van der Waals surface area (Å²) in [5, 5.41) is 3.03. The topological polar surface area (TPSA) is 32.3 Å². The molecule has 3 unspecified atom stereocenters. The lowest BCUT2D eigenvalue weighted by molar-refractivity contribution is 0.0834.